The molecule has 0 fully saturated rings. The van der Waals surface area contributed by atoms with Crippen molar-refractivity contribution in [1.82, 2.24) is 5.32 Å². The van der Waals surface area contributed by atoms with Crippen LogP contribution in [-0.2, 0) is 9.59 Å². The van der Waals surface area contributed by atoms with Crippen molar-refractivity contribution in [3.63, 3.8) is 0 Å². The van der Waals surface area contributed by atoms with Gasteiger partial charge in [-0.05, 0) is 78.2 Å². The van der Waals surface area contributed by atoms with Crippen molar-refractivity contribution in [3.05, 3.63) is 137 Å². The van der Waals surface area contributed by atoms with E-state index in [1.54, 1.807) is 59.1 Å². The molecule has 1 aromatic heterocycles. The summed E-state index contributed by atoms with van der Waals surface area (Å²) in [5.74, 6) is -0.570. The number of fused-ring (bicyclic) bond motifs is 2. The summed E-state index contributed by atoms with van der Waals surface area (Å²) in [5, 5.41) is 7.53. The monoisotopic (exact) mass is 619 g/mol. The molecule has 212 valence electrons. The van der Waals surface area contributed by atoms with Crippen LogP contribution in [-0.4, -0.2) is 23.5 Å². The first-order valence-electron chi connectivity index (χ1n) is 13.4. The Morgan fingerprint density at radius 1 is 0.744 bits per heavy atom. The van der Waals surface area contributed by atoms with Crippen LogP contribution in [0.1, 0.15) is 15.2 Å². The Hall–Kier alpha value is -4.57. The number of thioether (sulfide) groups is 1. The number of nitrogens with one attached hydrogen (secondary N) is 2. The molecule has 43 heavy (non-hydrogen) atoms. The average Bonchev–Trinajstić information content (AvgIpc) is 3.56. The average molecular weight is 620 g/mol. The van der Waals surface area contributed by atoms with Crippen molar-refractivity contribution >= 4 is 75.7 Å². The Labute approximate surface area is 261 Å². The molecule has 0 radical (unpaired) electrons. The fourth-order valence-electron chi connectivity index (χ4n) is 4.47. The zero-order valence-corrected chi connectivity index (χ0v) is 25.2. The predicted molar refractivity (Wildman–Crippen MR) is 176 cm³/mol. The van der Waals surface area contributed by atoms with Gasteiger partial charge < -0.3 is 10.6 Å². The third-order valence-corrected chi connectivity index (χ3v) is 9.46. The van der Waals surface area contributed by atoms with Crippen molar-refractivity contribution in [2.24, 2.45) is 0 Å². The zero-order chi connectivity index (χ0) is 29.6. The fraction of sp³-hybridized carbons (Fsp3) is 0.0294. The molecule has 6 nitrogen and oxygen atoms in total. The Bertz CT molecular complexity index is 1760. The number of thiophene rings is 1. The third kappa shape index (κ3) is 6.75. The molecule has 0 saturated heterocycles. The number of anilines is 3. The Morgan fingerprint density at radius 2 is 1.40 bits per heavy atom. The summed E-state index contributed by atoms with van der Waals surface area (Å²) in [6.07, 6.45) is 1.66. The molecule has 0 atom stereocenters. The van der Waals surface area contributed by atoms with Crippen molar-refractivity contribution in [1.29, 1.82) is 0 Å². The number of carbonyl (C=O) groups excluding carboxylic acids is 3. The number of amides is 3. The number of rotatable bonds is 8. The number of nitrogens with zero attached hydrogens (tertiary/aromatic N) is 1. The highest BCUT2D eigenvalue weighted by atomic mass is 32.2. The van der Waals surface area contributed by atoms with Gasteiger partial charge in [-0.1, -0.05) is 60.3 Å². The molecular weight excluding hydrogens is 595 g/mol. The molecule has 1 aliphatic heterocycles. The van der Waals surface area contributed by atoms with E-state index in [1.165, 1.54) is 23.1 Å². The van der Waals surface area contributed by atoms with Gasteiger partial charge in [0.2, 0.25) is 5.91 Å². The summed E-state index contributed by atoms with van der Waals surface area (Å²) in [6.45, 7) is 0. The van der Waals surface area contributed by atoms with E-state index in [-0.39, 0.29) is 23.3 Å². The maximum atomic E-state index is 13.5. The minimum Gasteiger partial charge on any atom is -0.321 e. The quantitative estimate of drug-likeness (QED) is 0.136. The van der Waals surface area contributed by atoms with Crippen LogP contribution in [0.4, 0.5) is 17.1 Å². The largest absolute Gasteiger partial charge is 0.321 e. The molecular formula is C34H25N3O3S3. The first-order valence-corrected chi connectivity index (χ1v) is 16.1. The van der Waals surface area contributed by atoms with Crippen LogP contribution in [0.3, 0.4) is 0 Å². The van der Waals surface area contributed by atoms with Crippen LogP contribution in [0, 0.1) is 0 Å². The van der Waals surface area contributed by atoms with Gasteiger partial charge in [0.1, 0.15) is 5.70 Å². The number of carbonyl (C=O) groups is 3. The molecule has 5 aromatic rings. The van der Waals surface area contributed by atoms with Crippen LogP contribution in [0.25, 0.3) is 6.08 Å². The van der Waals surface area contributed by atoms with Crippen molar-refractivity contribution in [3.8, 4) is 0 Å². The lowest BCUT2D eigenvalue weighted by atomic mass is 10.2. The lowest BCUT2D eigenvalue weighted by molar-refractivity contribution is -0.115. The topological polar surface area (TPSA) is 78.5 Å². The van der Waals surface area contributed by atoms with Crippen molar-refractivity contribution in [2.45, 2.75) is 14.7 Å². The lowest BCUT2D eigenvalue weighted by Crippen LogP contribution is -2.30. The second-order valence-electron chi connectivity index (χ2n) is 9.43. The molecule has 0 bridgehead atoms. The number of hydrogen-bond acceptors (Lipinski definition) is 6. The van der Waals surface area contributed by atoms with E-state index in [4.69, 9.17) is 0 Å². The number of para-hydroxylation sites is 2. The van der Waals surface area contributed by atoms with E-state index in [9.17, 15) is 14.4 Å². The van der Waals surface area contributed by atoms with Crippen molar-refractivity contribution in [2.75, 3.05) is 16.0 Å². The normalized spacial score (nSPS) is 12.2. The first-order chi connectivity index (χ1) is 21.0. The minimum absolute atomic E-state index is 0.0138. The van der Waals surface area contributed by atoms with Crippen LogP contribution >= 0.6 is 34.9 Å². The molecule has 0 aliphatic carbocycles. The Balaban J connectivity index is 1.12. The molecule has 0 saturated carbocycles. The number of benzene rings is 4. The van der Waals surface area contributed by atoms with E-state index in [1.807, 2.05) is 84.2 Å². The predicted octanol–water partition coefficient (Wildman–Crippen LogP) is 8.08. The Morgan fingerprint density at radius 3 is 2.05 bits per heavy atom. The molecule has 2 N–H and O–H groups in total. The van der Waals surface area contributed by atoms with E-state index < -0.39 is 5.91 Å². The summed E-state index contributed by atoms with van der Waals surface area (Å²) in [5.41, 5.74) is 2.95. The molecule has 6 rings (SSSR count). The molecule has 0 spiro atoms. The van der Waals surface area contributed by atoms with E-state index in [0.717, 1.165) is 30.9 Å². The lowest BCUT2D eigenvalue weighted by Gasteiger charge is -2.31. The summed E-state index contributed by atoms with van der Waals surface area (Å²) in [4.78, 5) is 45.2. The minimum atomic E-state index is -0.437. The van der Waals surface area contributed by atoms with E-state index in [0.29, 0.717) is 11.3 Å². The van der Waals surface area contributed by atoms with Gasteiger partial charge in [-0.25, -0.2) is 0 Å². The molecule has 3 amide bonds. The number of hydrogen-bond donors (Lipinski definition) is 2. The molecule has 2 heterocycles. The van der Waals surface area contributed by atoms with Gasteiger partial charge in [0, 0.05) is 30.8 Å². The maximum Gasteiger partial charge on any atom is 0.272 e. The summed E-state index contributed by atoms with van der Waals surface area (Å²) in [6, 6.07) is 35.7. The SMILES string of the molecule is O=C(Nc1ccc(SCC(=O)N2c3ccccc3Sc3ccccc32)cc1)C(=Cc1cccs1)NC(=O)c1ccccc1. The molecule has 9 heteroatoms. The summed E-state index contributed by atoms with van der Waals surface area (Å²) >= 11 is 4.57. The smallest absolute Gasteiger partial charge is 0.272 e. The van der Waals surface area contributed by atoms with Gasteiger partial charge in [-0.2, -0.15) is 0 Å². The summed E-state index contributed by atoms with van der Waals surface area (Å²) < 4.78 is 0. The van der Waals surface area contributed by atoms with Gasteiger partial charge in [-0.3, -0.25) is 19.3 Å². The fourth-order valence-corrected chi connectivity index (χ4v) is 6.94. The van der Waals surface area contributed by atoms with Crippen LogP contribution in [0.15, 0.2) is 141 Å². The highest BCUT2D eigenvalue weighted by Gasteiger charge is 2.27. The second kappa shape index (κ2) is 13.2. The second-order valence-corrected chi connectivity index (χ2v) is 12.5. The van der Waals surface area contributed by atoms with Gasteiger partial charge in [-0.15, -0.1) is 23.1 Å². The molecule has 4 aromatic carbocycles. The third-order valence-electron chi connectivity index (χ3n) is 6.51. The maximum absolute atomic E-state index is 13.5. The van der Waals surface area contributed by atoms with E-state index in [2.05, 4.69) is 10.6 Å². The van der Waals surface area contributed by atoms with Crippen molar-refractivity contribution < 1.29 is 14.4 Å². The zero-order valence-electron chi connectivity index (χ0n) is 22.7. The van der Waals surface area contributed by atoms with Gasteiger partial charge in [0.15, 0.2) is 0 Å². The van der Waals surface area contributed by atoms with Crippen LogP contribution < -0.4 is 15.5 Å². The summed E-state index contributed by atoms with van der Waals surface area (Å²) in [7, 11) is 0. The van der Waals surface area contributed by atoms with Crippen LogP contribution in [0.5, 0.6) is 0 Å². The Kier molecular flexibility index (Phi) is 8.74. The van der Waals surface area contributed by atoms with Gasteiger partial charge >= 0.3 is 0 Å². The standard InChI is InChI=1S/C34H25N3O3S3/c38-32(37-28-12-4-6-14-30(28)43-31-15-7-5-13-29(31)37)22-42-25-18-16-24(17-19-25)35-34(40)27(21-26-11-8-20-41-26)36-33(39)23-9-2-1-3-10-23/h1-21H,22H2,(H,35,40)(H,36,39). The van der Waals surface area contributed by atoms with Gasteiger partial charge in [0.25, 0.3) is 11.8 Å². The van der Waals surface area contributed by atoms with Gasteiger partial charge in [0.05, 0.1) is 17.1 Å². The molecule has 0 unspecified atom stereocenters. The first kappa shape index (κ1) is 28.5. The van der Waals surface area contributed by atoms with E-state index >= 15 is 0 Å². The highest BCUT2D eigenvalue weighted by molar-refractivity contribution is 8.00. The van der Waals surface area contributed by atoms with Crippen LogP contribution in [0.2, 0.25) is 0 Å². The highest BCUT2D eigenvalue weighted by Crippen LogP contribution is 2.48. The molecule has 1 aliphatic rings.